The predicted molar refractivity (Wildman–Crippen MR) is 68.5 cm³/mol. The van der Waals surface area contributed by atoms with Crippen LogP contribution in [0, 0.1) is 0 Å². The Morgan fingerprint density at radius 1 is 1.18 bits per heavy atom. The van der Waals surface area contributed by atoms with Crippen LogP contribution in [0.4, 0.5) is 0 Å². The Balaban J connectivity index is 2.67. The number of fused-ring (bicyclic) bond motifs is 1. The van der Waals surface area contributed by atoms with E-state index in [0.29, 0.717) is 17.3 Å². The van der Waals surface area contributed by atoms with Crippen molar-refractivity contribution in [1.29, 1.82) is 0 Å². The molecule has 0 saturated heterocycles. The second-order valence-corrected chi connectivity index (χ2v) is 4.57. The van der Waals surface area contributed by atoms with Crippen LogP contribution in [0.5, 0.6) is 5.75 Å². The molecular formula is C13H14O3S. The maximum atomic E-state index is 12.0. The van der Waals surface area contributed by atoms with Crippen LogP contribution in [0.2, 0.25) is 0 Å². The minimum absolute atomic E-state index is 0.402. The fourth-order valence-electron chi connectivity index (χ4n) is 1.72. The van der Waals surface area contributed by atoms with Gasteiger partial charge < -0.3 is 4.74 Å². The average Bonchev–Trinajstić information content (AvgIpc) is 2.37. The molecule has 0 heterocycles. The number of rotatable bonds is 4. The molecule has 17 heavy (non-hydrogen) atoms. The Bertz CT molecular complexity index is 551. The summed E-state index contributed by atoms with van der Waals surface area (Å²) in [6.07, 6.45) is 0. The third kappa shape index (κ3) is 2.33. The predicted octanol–water partition coefficient (Wildman–Crippen LogP) is 2.91. The molecule has 3 nitrogen and oxygen atoms in total. The van der Waals surface area contributed by atoms with E-state index >= 15 is 0 Å². The van der Waals surface area contributed by atoms with Crippen LogP contribution in [0.1, 0.15) is 6.92 Å². The number of ether oxygens (including phenoxy) is 1. The van der Waals surface area contributed by atoms with Crippen LogP contribution >= 0.6 is 0 Å². The molecule has 0 aliphatic rings. The van der Waals surface area contributed by atoms with Crippen LogP contribution in [-0.4, -0.2) is 17.9 Å². The van der Waals surface area contributed by atoms with Crippen molar-refractivity contribution in [3.05, 3.63) is 36.4 Å². The molecule has 0 fully saturated rings. The topological polar surface area (TPSA) is 35.5 Å². The van der Waals surface area contributed by atoms with Gasteiger partial charge in [0.25, 0.3) is 0 Å². The Kier molecular flexibility index (Phi) is 3.76. The first-order valence-electron chi connectivity index (χ1n) is 5.38. The lowest BCUT2D eigenvalue weighted by atomic mass is 10.1. The van der Waals surface area contributed by atoms with Gasteiger partial charge in [-0.15, -0.1) is 0 Å². The SMILES string of the molecule is CCO[S@](=O)c1c(OC)ccc2ccccc12. The van der Waals surface area contributed by atoms with E-state index in [1.165, 1.54) is 0 Å². The van der Waals surface area contributed by atoms with Gasteiger partial charge in [-0.3, -0.25) is 4.18 Å². The van der Waals surface area contributed by atoms with Crippen molar-refractivity contribution in [3.63, 3.8) is 0 Å². The Morgan fingerprint density at radius 3 is 2.65 bits per heavy atom. The monoisotopic (exact) mass is 250 g/mol. The first-order chi connectivity index (χ1) is 8.27. The van der Waals surface area contributed by atoms with Crippen molar-refractivity contribution in [3.8, 4) is 5.75 Å². The first-order valence-corrected chi connectivity index (χ1v) is 6.46. The molecule has 2 aromatic rings. The lowest BCUT2D eigenvalue weighted by Crippen LogP contribution is -2.01. The van der Waals surface area contributed by atoms with Crippen molar-refractivity contribution in [2.45, 2.75) is 11.8 Å². The zero-order chi connectivity index (χ0) is 12.3. The quantitative estimate of drug-likeness (QED) is 0.837. The molecule has 0 aliphatic carbocycles. The molecule has 0 aliphatic heterocycles. The molecule has 0 N–H and O–H groups in total. The summed E-state index contributed by atoms with van der Waals surface area (Å²) in [6, 6.07) is 11.5. The van der Waals surface area contributed by atoms with E-state index in [1.807, 2.05) is 43.3 Å². The van der Waals surface area contributed by atoms with Crippen molar-refractivity contribution in [2.24, 2.45) is 0 Å². The van der Waals surface area contributed by atoms with Crippen molar-refractivity contribution in [2.75, 3.05) is 13.7 Å². The van der Waals surface area contributed by atoms with Crippen LogP contribution in [0.15, 0.2) is 41.3 Å². The number of benzene rings is 2. The standard InChI is InChI=1S/C13H14O3S/c1-3-16-17(14)13-11-7-5-4-6-10(11)8-9-12(13)15-2/h4-9H,3H2,1-2H3/t17-/m0/s1. The molecular weight excluding hydrogens is 236 g/mol. The average molecular weight is 250 g/mol. The minimum Gasteiger partial charge on any atom is -0.495 e. The Morgan fingerprint density at radius 2 is 1.94 bits per heavy atom. The summed E-state index contributed by atoms with van der Waals surface area (Å²) < 4.78 is 22.5. The summed E-state index contributed by atoms with van der Waals surface area (Å²) in [4.78, 5) is 0.604. The molecule has 4 heteroatoms. The van der Waals surface area contributed by atoms with Gasteiger partial charge in [-0.2, -0.15) is 0 Å². The van der Waals surface area contributed by atoms with Gasteiger partial charge in [0.1, 0.15) is 10.6 Å². The van der Waals surface area contributed by atoms with Crippen molar-refractivity contribution < 1.29 is 13.1 Å². The van der Waals surface area contributed by atoms with Crippen LogP contribution in [0.25, 0.3) is 10.8 Å². The van der Waals surface area contributed by atoms with E-state index in [-0.39, 0.29) is 0 Å². The molecule has 0 aromatic heterocycles. The van der Waals surface area contributed by atoms with E-state index in [0.717, 1.165) is 10.8 Å². The third-order valence-electron chi connectivity index (χ3n) is 2.45. The molecule has 0 spiro atoms. The lowest BCUT2D eigenvalue weighted by Gasteiger charge is -2.10. The summed E-state index contributed by atoms with van der Waals surface area (Å²) in [5.74, 6) is 0.593. The zero-order valence-corrected chi connectivity index (χ0v) is 10.6. The number of hydrogen-bond donors (Lipinski definition) is 0. The van der Waals surface area contributed by atoms with Gasteiger partial charge in [0.05, 0.1) is 13.7 Å². The van der Waals surface area contributed by atoms with Crippen molar-refractivity contribution >= 4 is 21.9 Å². The molecule has 2 aromatic carbocycles. The van der Waals surface area contributed by atoms with E-state index in [2.05, 4.69) is 0 Å². The minimum atomic E-state index is -1.49. The smallest absolute Gasteiger partial charge is 0.193 e. The maximum absolute atomic E-state index is 12.0. The summed E-state index contributed by atoms with van der Waals surface area (Å²) in [5.41, 5.74) is 0. The molecule has 0 amide bonds. The fraction of sp³-hybridized carbons (Fsp3) is 0.231. The van der Waals surface area contributed by atoms with Crippen LogP contribution < -0.4 is 4.74 Å². The van der Waals surface area contributed by atoms with Crippen LogP contribution in [0.3, 0.4) is 0 Å². The zero-order valence-electron chi connectivity index (χ0n) is 9.80. The highest BCUT2D eigenvalue weighted by Crippen LogP contribution is 2.31. The van der Waals surface area contributed by atoms with E-state index in [4.69, 9.17) is 8.92 Å². The summed E-state index contributed by atoms with van der Waals surface area (Å²) in [7, 11) is 1.57. The second-order valence-electron chi connectivity index (χ2n) is 3.46. The fourth-order valence-corrected chi connectivity index (χ4v) is 2.73. The van der Waals surface area contributed by atoms with Crippen LogP contribution in [-0.2, 0) is 15.3 Å². The molecule has 0 radical (unpaired) electrons. The van der Waals surface area contributed by atoms with E-state index in [9.17, 15) is 4.21 Å². The normalized spacial score (nSPS) is 12.6. The van der Waals surface area contributed by atoms with Gasteiger partial charge in [-0.05, 0) is 18.4 Å². The lowest BCUT2D eigenvalue weighted by molar-refractivity contribution is 0.365. The number of methoxy groups -OCH3 is 1. The van der Waals surface area contributed by atoms with Gasteiger partial charge in [0, 0.05) is 5.39 Å². The molecule has 1 atom stereocenters. The first kappa shape index (κ1) is 12.1. The van der Waals surface area contributed by atoms with Gasteiger partial charge >= 0.3 is 0 Å². The molecule has 90 valence electrons. The maximum Gasteiger partial charge on any atom is 0.193 e. The molecule has 0 bridgehead atoms. The third-order valence-corrected chi connectivity index (χ3v) is 3.66. The summed E-state index contributed by atoms with van der Waals surface area (Å²) in [5, 5.41) is 1.93. The van der Waals surface area contributed by atoms with E-state index in [1.54, 1.807) is 7.11 Å². The summed E-state index contributed by atoms with van der Waals surface area (Å²) in [6.45, 7) is 2.22. The van der Waals surface area contributed by atoms with E-state index < -0.39 is 11.1 Å². The highest BCUT2D eigenvalue weighted by Gasteiger charge is 2.15. The summed E-state index contributed by atoms with van der Waals surface area (Å²) >= 11 is -1.49. The van der Waals surface area contributed by atoms with Crippen molar-refractivity contribution in [1.82, 2.24) is 0 Å². The molecule has 0 unspecified atom stereocenters. The van der Waals surface area contributed by atoms with Gasteiger partial charge in [0.15, 0.2) is 11.1 Å². The largest absolute Gasteiger partial charge is 0.495 e. The van der Waals surface area contributed by atoms with Gasteiger partial charge in [0.2, 0.25) is 0 Å². The molecule has 2 rings (SSSR count). The Labute approximate surface area is 103 Å². The second kappa shape index (κ2) is 5.29. The van der Waals surface area contributed by atoms with Gasteiger partial charge in [-0.1, -0.05) is 30.3 Å². The number of hydrogen-bond acceptors (Lipinski definition) is 3. The highest BCUT2D eigenvalue weighted by molar-refractivity contribution is 7.80. The van der Waals surface area contributed by atoms with Gasteiger partial charge in [-0.25, -0.2) is 4.21 Å². The highest BCUT2D eigenvalue weighted by atomic mass is 32.2. The Hall–Kier alpha value is -1.39. The molecule has 0 saturated carbocycles.